The highest BCUT2D eigenvalue weighted by Gasteiger charge is 2.34. The number of carbonyl (C=O) groups excluding carboxylic acids is 2. The summed E-state index contributed by atoms with van der Waals surface area (Å²) < 4.78 is 5.49. The van der Waals surface area contributed by atoms with E-state index in [1.165, 1.54) is 7.11 Å². The zero-order valence-electron chi connectivity index (χ0n) is 11.8. The van der Waals surface area contributed by atoms with Gasteiger partial charge in [0.15, 0.2) is 11.6 Å². The third-order valence-corrected chi connectivity index (χ3v) is 5.01. The first-order chi connectivity index (χ1) is 10.6. The summed E-state index contributed by atoms with van der Waals surface area (Å²) in [7, 11) is 1.53. The van der Waals surface area contributed by atoms with Crippen molar-refractivity contribution < 1.29 is 14.3 Å². The summed E-state index contributed by atoms with van der Waals surface area (Å²) in [6, 6.07) is 8.70. The summed E-state index contributed by atoms with van der Waals surface area (Å²) in [5.41, 5.74) is 3.50. The van der Waals surface area contributed by atoms with Crippen LogP contribution in [0.2, 0.25) is 0 Å². The quantitative estimate of drug-likeness (QED) is 0.591. The molecule has 2 aromatic carbocycles. The maximum Gasteiger partial charge on any atom is 0.198 e. The number of rotatable bonds is 3. The number of hydrogen-bond acceptors (Lipinski definition) is 3. The number of fused-ring (bicyclic) bond motifs is 2. The lowest BCUT2D eigenvalue weighted by Gasteiger charge is -2.23. The summed E-state index contributed by atoms with van der Waals surface area (Å²) in [4.78, 5) is 25.6. The Morgan fingerprint density at radius 3 is 2.14 bits per heavy atom. The van der Waals surface area contributed by atoms with E-state index in [1.807, 2.05) is 0 Å². The van der Waals surface area contributed by atoms with Crippen molar-refractivity contribution >= 4 is 43.4 Å². The Bertz CT molecular complexity index is 797. The first kappa shape index (κ1) is 15.4. The van der Waals surface area contributed by atoms with E-state index in [0.29, 0.717) is 38.7 Å². The van der Waals surface area contributed by atoms with Gasteiger partial charge in [-0.2, -0.15) is 0 Å². The van der Waals surface area contributed by atoms with Crippen LogP contribution in [-0.2, 0) is 10.7 Å². The zero-order valence-corrected chi connectivity index (χ0v) is 15.0. The second kappa shape index (κ2) is 5.97. The minimum Gasteiger partial charge on any atom is -0.496 e. The Hall–Kier alpha value is -1.46. The Labute approximate surface area is 144 Å². The van der Waals surface area contributed by atoms with Gasteiger partial charge in [-0.25, -0.2) is 0 Å². The average Bonchev–Trinajstić information content (AvgIpc) is 2.57. The molecule has 0 bridgehead atoms. The SMILES string of the molecule is COc1c(CBr)c(CBr)cc2c1C(=O)c1ccccc1C2=O. The van der Waals surface area contributed by atoms with Crippen LogP contribution in [-0.4, -0.2) is 18.7 Å². The minimum atomic E-state index is -0.162. The summed E-state index contributed by atoms with van der Waals surface area (Å²) in [6.07, 6.45) is 0. The third-order valence-electron chi connectivity index (χ3n) is 3.85. The molecule has 0 heterocycles. The number of methoxy groups -OCH3 is 1. The van der Waals surface area contributed by atoms with E-state index in [0.717, 1.165) is 11.1 Å². The molecule has 1 aliphatic rings. The normalized spacial score (nSPS) is 12.9. The lowest BCUT2D eigenvalue weighted by atomic mass is 9.81. The molecular weight excluding hydrogens is 412 g/mol. The van der Waals surface area contributed by atoms with E-state index >= 15 is 0 Å². The van der Waals surface area contributed by atoms with Gasteiger partial charge in [0, 0.05) is 32.9 Å². The van der Waals surface area contributed by atoms with Crippen LogP contribution in [0.15, 0.2) is 30.3 Å². The molecule has 0 saturated carbocycles. The van der Waals surface area contributed by atoms with E-state index in [9.17, 15) is 9.59 Å². The molecule has 3 rings (SSSR count). The molecule has 0 aliphatic heterocycles. The van der Waals surface area contributed by atoms with E-state index in [2.05, 4.69) is 31.9 Å². The van der Waals surface area contributed by atoms with Crippen LogP contribution in [0.5, 0.6) is 5.75 Å². The van der Waals surface area contributed by atoms with Crippen LogP contribution in [0, 0.1) is 0 Å². The summed E-state index contributed by atoms with van der Waals surface area (Å²) >= 11 is 6.87. The smallest absolute Gasteiger partial charge is 0.198 e. The van der Waals surface area contributed by atoms with E-state index in [4.69, 9.17) is 4.74 Å². The van der Waals surface area contributed by atoms with Crippen LogP contribution < -0.4 is 4.74 Å². The molecule has 22 heavy (non-hydrogen) atoms. The molecular formula is C17H12Br2O3. The molecule has 0 N–H and O–H groups in total. The van der Waals surface area contributed by atoms with E-state index in [-0.39, 0.29) is 11.6 Å². The van der Waals surface area contributed by atoms with E-state index < -0.39 is 0 Å². The van der Waals surface area contributed by atoms with Crippen molar-refractivity contribution in [2.45, 2.75) is 10.7 Å². The van der Waals surface area contributed by atoms with Gasteiger partial charge < -0.3 is 4.74 Å². The van der Waals surface area contributed by atoms with Crippen molar-refractivity contribution in [2.24, 2.45) is 0 Å². The largest absolute Gasteiger partial charge is 0.496 e. The number of alkyl halides is 2. The molecule has 0 atom stereocenters. The van der Waals surface area contributed by atoms with Crippen molar-refractivity contribution in [2.75, 3.05) is 7.11 Å². The van der Waals surface area contributed by atoms with Gasteiger partial charge in [-0.1, -0.05) is 56.1 Å². The van der Waals surface area contributed by atoms with Crippen molar-refractivity contribution in [1.29, 1.82) is 0 Å². The predicted molar refractivity (Wildman–Crippen MR) is 91.6 cm³/mol. The monoisotopic (exact) mass is 422 g/mol. The minimum absolute atomic E-state index is 0.133. The fourth-order valence-electron chi connectivity index (χ4n) is 2.81. The van der Waals surface area contributed by atoms with Crippen molar-refractivity contribution in [1.82, 2.24) is 0 Å². The Balaban J connectivity index is 2.37. The van der Waals surface area contributed by atoms with Crippen LogP contribution >= 0.6 is 31.9 Å². The molecule has 0 fully saturated rings. The third kappa shape index (κ3) is 2.15. The zero-order chi connectivity index (χ0) is 15.9. The van der Waals surface area contributed by atoms with Gasteiger partial charge in [-0.15, -0.1) is 0 Å². The van der Waals surface area contributed by atoms with Crippen molar-refractivity contribution in [3.8, 4) is 5.75 Å². The second-order valence-corrected chi connectivity index (χ2v) is 6.06. The van der Waals surface area contributed by atoms with Gasteiger partial charge in [-0.3, -0.25) is 9.59 Å². The predicted octanol–water partition coefficient (Wildman–Crippen LogP) is 4.26. The van der Waals surface area contributed by atoms with Gasteiger partial charge >= 0.3 is 0 Å². The van der Waals surface area contributed by atoms with Gasteiger partial charge in [-0.05, 0) is 11.6 Å². The summed E-state index contributed by atoms with van der Waals surface area (Å²) in [6.45, 7) is 0. The molecule has 3 nitrogen and oxygen atoms in total. The van der Waals surface area contributed by atoms with Gasteiger partial charge in [0.2, 0.25) is 0 Å². The Morgan fingerprint density at radius 1 is 0.955 bits per heavy atom. The molecule has 112 valence electrons. The van der Waals surface area contributed by atoms with E-state index in [1.54, 1.807) is 30.3 Å². The molecule has 2 aromatic rings. The number of carbonyl (C=O) groups is 2. The first-order valence-electron chi connectivity index (χ1n) is 6.67. The van der Waals surface area contributed by atoms with Crippen LogP contribution in [0.3, 0.4) is 0 Å². The second-order valence-electron chi connectivity index (χ2n) is 4.94. The number of ether oxygens (including phenoxy) is 1. The van der Waals surface area contributed by atoms with Crippen molar-refractivity contribution in [3.63, 3.8) is 0 Å². The Morgan fingerprint density at radius 2 is 1.59 bits per heavy atom. The molecule has 0 unspecified atom stereocenters. The lowest BCUT2D eigenvalue weighted by molar-refractivity contribution is 0.0976. The van der Waals surface area contributed by atoms with Crippen LogP contribution in [0.25, 0.3) is 0 Å². The molecule has 0 amide bonds. The molecule has 5 heteroatoms. The average molecular weight is 424 g/mol. The Kier molecular flexibility index (Phi) is 4.19. The first-order valence-corrected chi connectivity index (χ1v) is 8.91. The highest BCUT2D eigenvalue weighted by atomic mass is 79.9. The maximum atomic E-state index is 12.8. The number of halogens is 2. The molecule has 0 spiro atoms. The molecule has 0 aromatic heterocycles. The summed E-state index contributed by atoms with van der Waals surface area (Å²) in [5.74, 6) is 0.189. The fraction of sp³-hybridized carbons (Fsp3) is 0.176. The number of hydrogen-bond donors (Lipinski definition) is 0. The highest BCUT2D eigenvalue weighted by molar-refractivity contribution is 9.09. The maximum absolute atomic E-state index is 12.8. The number of benzene rings is 2. The fourth-order valence-corrected chi connectivity index (χ4v) is 3.92. The molecule has 0 radical (unpaired) electrons. The number of ketones is 2. The van der Waals surface area contributed by atoms with Crippen molar-refractivity contribution in [3.05, 3.63) is 63.7 Å². The topological polar surface area (TPSA) is 43.4 Å². The molecule has 1 aliphatic carbocycles. The highest BCUT2D eigenvalue weighted by Crippen LogP contribution is 2.39. The molecule has 0 saturated heterocycles. The standard InChI is InChI=1S/C17H12Br2O3/c1-22-17-13(8-19)9(7-18)6-12-14(17)16(21)11-5-3-2-4-10(11)15(12)20/h2-6H,7-8H2,1H3. The lowest BCUT2D eigenvalue weighted by Crippen LogP contribution is -2.22. The van der Waals surface area contributed by atoms with Gasteiger partial charge in [0.1, 0.15) is 5.75 Å². The van der Waals surface area contributed by atoms with Crippen LogP contribution in [0.4, 0.5) is 0 Å². The van der Waals surface area contributed by atoms with Crippen LogP contribution in [0.1, 0.15) is 43.0 Å². The summed E-state index contributed by atoms with van der Waals surface area (Å²) in [5, 5.41) is 1.13. The van der Waals surface area contributed by atoms with Gasteiger partial charge in [0.05, 0.1) is 12.7 Å². The van der Waals surface area contributed by atoms with Gasteiger partial charge in [0.25, 0.3) is 0 Å².